The minimum atomic E-state index is -1.88. The Hall–Kier alpha value is -3.53. The Labute approximate surface area is 253 Å². The van der Waals surface area contributed by atoms with Crippen LogP contribution >= 0.6 is 0 Å². The summed E-state index contributed by atoms with van der Waals surface area (Å²) < 4.78 is 46.3. The zero-order chi connectivity index (χ0) is 32.4. The van der Waals surface area contributed by atoms with E-state index >= 15 is 4.39 Å². The van der Waals surface area contributed by atoms with Crippen LogP contribution < -0.4 is 0 Å². The molecule has 2 rings (SSSR count). The van der Waals surface area contributed by atoms with Crippen LogP contribution in [0.2, 0.25) is 0 Å². The molecule has 0 aliphatic rings. The van der Waals surface area contributed by atoms with E-state index in [4.69, 9.17) is 14.2 Å². The van der Waals surface area contributed by atoms with Gasteiger partial charge >= 0.3 is 18.0 Å². The van der Waals surface area contributed by atoms with Crippen molar-refractivity contribution in [3.05, 3.63) is 71.0 Å². The molecule has 0 aromatic heterocycles. The topological polar surface area (TPSA) is 102 Å². The number of alkyl halides is 1. The second-order valence-corrected chi connectivity index (χ2v) is 12.2. The van der Waals surface area contributed by atoms with Gasteiger partial charge in [-0.1, -0.05) is 49.4 Å². The number of hydrogen-bond donors (Lipinski definition) is 1. The van der Waals surface area contributed by atoms with Gasteiger partial charge in [0, 0.05) is 26.5 Å². The van der Waals surface area contributed by atoms with Crippen molar-refractivity contribution in [2.45, 2.75) is 103 Å². The Morgan fingerprint density at radius 2 is 1.63 bits per heavy atom. The molecule has 0 saturated heterocycles. The number of amides is 1. The van der Waals surface area contributed by atoms with E-state index in [2.05, 4.69) is 0 Å². The molecular weight excluding hydrogens is 560 g/mol. The maximum absolute atomic E-state index is 15.1. The minimum Gasteiger partial charge on any atom is -0.458 e. The molecule has 0 bridgehead atoms. The molecule has 0 aliphatic carbocycles. The quantitative estimate of drug-likeness (QED) is 0.200. The second kappa shape index (κ2) is 15.8. The van der Waals surface area contributed by atoms with E-state index in [9.17, 15) is 23.9 Å². The first kappa shape index (κ1) is 35.7. The fourth-order valence-corrected chi connectivity index (χ4v) is 4.49. The third-order valence-corrected chi connectivity index (χ3v) is 6.74. The Balaban J connectivity index is 2.37. The van der Waals surface area contributed by atoms with Gasteiger partial charge in [0.2, 0.25) is 6.10 Å². The highest BCUT2D eigenvalue weighted by atomic mass is 19.1. The van der Waals surface area contributed by atoms with E-state index in [0.717, 1.165) is 4.90 Å². The van der Waals surface area contributed by atoms with E-state index in [1.807, 2.05) is 13.0 Å². The molecule has 0 aliphatic heterocycles. The summed E-state index contributed by atoms with van der Waals surface area (Å²) in [6, 6.07) is 11.9. The third kappa shape index (κ3) is 11.9. The number of benzene rings is 2. The number of nitrogens with zero attached hydrogens (tertiary/aromatic N) is 1. The van der Waals surface area contributed by atoms with Gasteiger partial charge in [0.1, 0.15) is 29.7 Å². The first-order valence-corrected chi connectivity index (χ1v) is 14.5. The number of likely N-dealkylation sites (N-methyl/N-ethyl adjacent to an activating group) is 1. The summed E-state index contributed by atoms with van der Waals surface area (Å²) in [6.07, 6.45) is -2.02. The highest BCUT2D eigenvalue weighted by Crippen LogP contribution is 2.27. The van der Waals surface area contributed by atoms with E-state index in [0.29, 0.717) is 29.5 Å². The highest BCUT2D eigenvalue weighted by molar-refractivity contribution is 5.85. The average molecular weight is 606 g/mol. The summed E-state index contributed by atoms with van der Waals surface area (Å²) in [5.74, 6) is -2.61. The molecule has 0 saturated carbocycles. The zero-order valence-electron chi connectivity index (χ0n) is 26.2. The molecule has 0 heterocycles. The molecule has 1 N–H and O–H groups in total. The van der Waals surface area contributed by atoms with Gasteiger partial charge in [-0.3, -0.25) is 4.90 Å². The molecule has 1 unspecified atom stereocenters. The predicted octanol–water partition coefficient (Wildman–Crippen LogP) is 6.27. The molecule has 1 amide bonds. The van der Waals surface area contributed by atoms with Gasteiger partial charge < -0.3 is 19.3 Å². The molecule has 0 spiro atoms. The van der Waals surface area contributed by atoms with Crippen LogP contribution in [-0.2, 0) is 36.8 Å². The minimum absolute atomic E-state index is 0.0838. The molecule has 0 fully saturated rings. The van der Waals surface area contributed by atoms with Crippen LogP contribution in [0, 0.1) is 5.82 Å². The number of halogens is 2. The standard InChI is InChI=1S/C33H45F2NO7/c1-8-24(16-17-37)25-15-14-23(18-26(25)34)19-28(30(39)41-21-22-12-10-9-11-13-22)42-29(38)27(20-33(5,6)35)36(7)31(40)43-32(2,3)4/h9-15,18,24,27-28,37H,8,16-17,19-21H2,1-7H3/t24?,27-,28+/m0/s1. The van der Waals surface area contributed by atoms with E-state index in [1.54, 1.807) is 57.2 Å². The van der Waals surface area contributed by atoms with Crippen molar-refractivity contribution in [1.82, 2.24) is 4.90 Å². The van der Waals surface area contributed by atoms with Crippen molar-refractivity contribution in [2.75, 3.05) is 13.7 Å². The van der Waals surface area contributed by atoms with Crippen molar-refractivity contribution >= 4 is 18.0 Å². The second-order valence-electron chi connectivity index (χ2n) is 12.2. The molecule has 8 nitrogen and oxygen atoms in total. The van der Waals surface area contributed by atoms with E-state index in [-0.39, 0.29) is 25.6 Å². The summed E-state index contributed by atoms with van der Waals surface area (Å²) in [4.78, 5) is 40.5. The van der Waals surface area contributed by atoms with Crippen LogP contribution in [0.5, 0.6) is 0 Å². The fraction of sp³-hybridized carbons (Fsp3) is 0.545. The summed E-state index contributed by atoms with van der Waals surface area (Å²) in [5, 5.41) is 9.34. The summed E-state index contributed by atoms with van der Waals surface area (Å²) in [6.45, 7) is 9.19. The number of esters is 2. The van der Waals surface area contributed by atoms with Crippen molar-refractivity contribution in [3.8, 4) is 0 Å². The van der Waals surface area contributed by atoms with E-state index < -0.39 is 53.7 Å². The van der Waals surface area contributed by atoms with Gasteiger partial charge in [-0.15, -0.1) is 0 Å². The first-order valence-electron chi connectivity index (χ1n) is 14.5. The smallest absolute Gasteiger partial charge is 0.410 e. The lowest BCUT2D eigenvalue weighted by molar-refractivity contribution is -0.172. The van der Waals surface area contributed by atoms with Gasteiger partial charge in [-0.2, -0.15) is 0 Å². The summed E-state index contributed by atoms with van der Waals surface area (Å²) in [5.41, 5.74) is -1.26. The lowest BCUT2D eigenvalue weighted by Gasteiger charge is -2.32. The fourth-order valence-electron chi connectivity index (χ4n) is 4.49. The number of carbonyl (C=O) groups is 3. The molecule has 238 valence electrons. The predicted molar refractivity (Wildman–Crippen MR) is 159 cm³/mol. The number of rotatable bonds is 14. The summed E-state index contributed by atoms with van der Waals surface area (Å²) >= 11 is 0. The normalized spacial score (nSPS) is 13.9. The van der Waals surface area contributed by atoms with Crippen molar-refractivity contribution in [1.29, 1.82) is 0 Å². The third-order valence-electron chi connectivity index (χ3n) is 6.74. The molecule has 2 aromatic rings. The molecule has 0 radical (unpaired) electrons. The SMILES string of the molecule is CCC(CCO)c1ccc(C[C@@H](OC(=O)[C@H](CC(C)(C)F)N(C)C(=O)OC(C)(C)C)C(=O)OCc2ccccc2)cc1F. The Bertz CT molecular complexity index is 1210. The number of aliphatic hydroxyl groups excluding tert-OH is 1. The lowest BCUT2D eigenvalue weighted by Crippen LogP contribution is -2.49. The average Bonchev–Trinajstić information content (AvgIpc) is 2.92. The Morgan fingerprint density at radius 1 is 0.977 bits per heavy atom. The molecular formula is C33H45F2NO7. The number of hydrogen-bond acceptors (Lipinski definition) is 7. The van der Waals surface area contributed by atoms with Gasteiger partial charge in [0.25, 0.3) is 0 Å². The molecule has 10 heteroatoms. The maximum Gasteiger partial charge on any atom is 0.410 e. The highest BCUT2D eigenvalue weighted by Gasteiger charge is 2.38. The Morgan fingerprint density at radius 3 is 2.16 bits per heavy atom. The van der Waals surface area contributed by atoms with Crippen molar-refractivity contribution in [2.24, 2.45) is 0 Å². The first-order chi connectivity index (χ1) is 20.0. The van der Waals surface area contributed by atoms with Crippen LogP contribution in [0.1, 0.15) is 83.4 Å². The van der Waals surface area contributed by atoms with Gasteiger partial charge in [-0.25, -0.2) is 23.2 Å². The van der Waals surface area contributed by atoms with Gasteiger partial charge in [0.15, 0.2) is 0 Å². The maximum atomic E-state index is 15.1. The van der Waals surface area contributed by atoms with Crippen molar-refractivity contribution in [3.63, 3.8) is 0 Å². The van der Waals surface area contributed by atoms with Crippen LogP contribution in [-0.4, -0.2) is 65.1 Å². The molecule has 43 heavy (non-hydrogen) atoms. The summed E-state index contributed by atoms with van der Waals surface area (Å²) in [7, 11) is 1.29. The largest absolute Gasteiger partial charge is 0.458 e. The zero-order valence-corrected chi connectivity index (χ0v) is 26.2. The number of carbonyl (C=O) groups excluding carboxylic acids is 3. The van der Waals surface area contributed by atoms with E-state index in [1.165, 1.54) is 27.0 Å². The van der Waals surface area contributed by atoms with Crippen LogP contribution in [0.15, 0.2) is 48.5 Å². The lowest BCUT2D eigenvalue weighted by atomic mass is 9.91. The van der Waals surface area contributed by atoms with Gasteiger partial charge in [-0.05, 0) is 76.1 Å². The van der Waals surface area contributed by atoms with Gasteiger partial charge in [0.05, 0.1) is 0 Å². The van der Waals surface area contributed by atoms with Crippen LogP contribution in [0.25, 0.3) is 0 Å². The number of ether oxygens (including phenoxy) is 3. The molecule has 2 aromatic carbocycles. The van der Waals surface area contributed by atoms with Crippen molar-refractivity contribution < 1.29 is 42.5 Å². The molecule has 3 atom stereocenters. The van der Waals surface area contributed by atoms with Crippen LogP contribution in [0.3, 0.4) is 0 Å². The van der Waals surface area contributed by atoms with Crippen LogP contribution in [0.4, 0.5) is 13.6 Å². The Kier molecular flexibility index (Phi) is 13.1. The number of aliphatic hydroxyl groups is 1. The monoisotopic (exact) mass is 605 g/mol.